The fourth-order valence-corrected chi connectivity index (χ4v) is 3.91. The van der Waals surface area contributed by atoms with Gasteiger partial charge in [0.05, 0.1) is 17.6 Å². The van der Waals surface area contributed by atoms with Gasteiger partial charge in [0.25, 0.3) is 5.91 Å². The molecule has 28 heavy (non-hydrogen) atoms. The number of aromatic amines is 1. The number of nitrogens with one attached hydrogen (secondary N) is 1. The smallest absolute Gasteiger partial charge is 0.253 e. The van der Waals surface area contributed by atoms with Crippen molar-refractivity contribution in [1.82, 2.24) is 19.8 Å². The Hall–Kier alpha value is -3.18. The predicted octanol–water partition coefficient (Wildman–Crippen LogP) is 3.67. The summed E-state index contributed by atoms with van der Waals surface area (Å²) in [5, 5.41) is 2.27. The molecule has 3 aromatic carbocycles. The van der Waals surface area contributed by atoms with Crippen molar-refractivity contribution in [3.8, 4) is 0 Å². The zero-order valence-electron chi connectivity index (χ0n) is 15.6. The number of benzene rings is 3. The molecule has 1 amide bonds. The Balaban J connectivity index is 1.24. The van der Waals surface area contributed by atoms with E-state index in [9.17, 15) is 4.79 Å². The van der Waals surface area contributed by atoms with Crippen molar-refractivity contribution in [2.45, 2.75) is 6.54 Å². The summed E-state index contributed by atoms with van der Waals surface area (Å²) >= 11 is 0. The van der Waals surface area contributed by atoms with Crippen molar-refractivity contribution in [1.29, 1.82) is 0 Å². The SMILES string of the molecule is O=C(c1ccc2ccccc2c1)N1CCN(Cc2nc3ccccc3[nH]2)CC1. The molecule has 4 aromatic rings. The van der Waals surface area contributed by atoms with Gasteiger partial charge in [-0.1, -0.05) is 42.5 Å². The van der Waals surface area contributed by atoms with Gasteiger partial charge in [-0.3, -0.25) is 9.69 Å². The van der Waals surface area contributed by atoms with E-state index >= 15 is 0 Å². The zero-order valence-corrected chi connectivity index (χ0v) is 15.6. The number of H-pyrrole nitrogens is 1. The third kappa shape index (κ3) is 3.25. The minimum Gasteiger partial charge on any atom is -0.341 e. The molecule has 0 spiro atoms. The van der Waals surface area contributed by atoms with Crippen molar-refractivity contribution >= 4 is 27.7 Å². The third-order valence-corrected chi connectivity index (χ3v) is 5.47. The Morgan fingerprint density at radius 3 is 2.46 bits per heavy atom. The van der Waals surface area contributed by atoms with Crippen LogP contribution >= 0.6 is 0 Å². The molecular weight excluding hydrogens is 348 g/mol. The number of imidazole rings is 1. The maximum atomic E-state index is 12.9. The molecule has 5 nitrogen and oxygen atoms in total. The van der Waals surface area contributed by atoms with Crippen LogP contribution < -0.4 is 0 Å². The van der Waals surface area contributed by atoms with E-state index < -0.39 is 0 Å². The van der Waals surface area contributed by atoms with Crippen LogP contribution in [0.25, 0.3) is 21.8 Å². The molecule has 5 heteroatoms. The van der Waals surface area contributed by atoms with Gasteiger partial charge >= 0.3 is 0 Å². The summed E-state index contributed by atoms with van der Waals surface area (Å²) < 4.78 is 0. The van der Waals surface area contributed by atoms with E-state index in [1.54, 1.807) is 0 Å². The van der Waals surface area contributed by atoms with Crippen molar-refractivity contribution in [2.75, 3.05) is 26.2 Å². The molecular formula is C23H22N4O. The lowest BCUT2D eigenvalue weighted by atomic mass is 10.1. The average molecular weight is 370 g/mol. The molecule has 0 aliphatic carbocycles. The molecule has 5 rings (SSSR count). The van der Waals surface area contributed by atoms with Crippen LogP contribution in [-0.4, -0.2) is 51.9 Å². The maximum Gasteiger partial charge on any atom is 0.253 e. The van der Waals surface area contributed by atoms with E-state index in [0.717, 1.165) is 65.9 Å². The van der Waals surface area contributed by atoms with Crippen LogP contribution in [0.1, 0.15) is 16.2 Å². The lowest BCUT2D eigenvalue weighted by Crippen LogP contribution is -2.48. The number of nitrogens with zero attached hydrogens (tertiary/aromatic N) is 3. The number of hydrogen-bond donors (Lipinski definition) is 1. The van der Waals surface area contributed by atoms with E-state index in [-0.39, 0.29) is 5.91 Å². The first-order valence-corrected chi connectivity index (χ1v) is 9.70. The highest BCUT2D eigenvalue weighted by molar-refractivity contribution is 5.98. The molecule has 1 aromatic heterocycles. The number of carbonyl (C=O) groups is 1. The summed E-state index contributed by atoms with van der Waals surface area (Å²) in [5.41, 5.74) is 2.84. The summed E-state index contributed by atoms with van der Waals surface area (Å²) in [4.78, 5) is 25.3. The Morgan fingerprint density at radius 1 is 0.893 bits per heavy atom. The molecule has 0 saturated carbocycles. The molecule has 0 atom stereocenters. The van der Waals surface area contributed by atoms with Gasteiger partial charge in [0.2, 0.25) is 0 Å². The normalized spacial score (nSPS) is 15.4. The number of fused-ring (bicyclic) bond motifs is 2. The highest BCUT2D eigenvalue weighted by atomic mass is 16.2. The zero-order chi connectivity index (χ0) is 18.9. The van der Waals surface area contributed by atoms with E-state index in [1.165, 1.54) is 0 Å². The molecule has 0 bridgehead atoms. The van der Waals surface area contributed by atoms with Crippen LogP contribution in [0.2, 0.25) is 0 Å². The minimum absolute atomic E-state index is 0.120. The molecule has 0 radical (unpaired) electrons. The Labute approximate surface area is 163 Å². The number of rotatable bonds is 3. The second-order valence-electron chi connectivity index (χ2n) is 7.33. The highest BCUT2D eigenvalue weighted by Gasteiger charge is 2.23. The van der Waals surface area contributed by atoms with Gasteiger partial charge in [0.15, 0.2) is 0 Å². The molecule has 2 heterocycles. The van der Waals surface area contributed by atoms with Crippen LogP contribution in [0, 0.1) is 0 Å². The standard InChI is InChI=1S/C23H22N4O/c28-23(19-10-9-17-5-1-2-6-18(17)15-19)27-13-11-26(12-14-27)16-22-24-20-7-3-4-8-21(20)25-22/h1-10,15H,11-14,16H2,(H,24,25). The van der Waals surface area contributed by atoms with Crippen LogP contribution in [0.3, 0.4) is 0 Å². The third-order valence-electron chi connectivity index (χ3n) is 5.47. The van der Waals surface area contributed by atoms with Crippen LogP contribution in [0.4, 0.5) is 0 Å². The second kappa shape index (κ2) is 7.09. The lowest BCUT2D eigenvalue weighted by Gasteiger charge is -2.34. The minimum atomic E-state index is 0.120. The molecule has 1 saturated heterocycles. The first-order chi connectivity index (χ1) is 13.8. The Bertz CT molecular complexity index is 1110. The summed E-state index contributed by atoms with van der Waals surface area (Å²) in [6.45, 7) is 3.98. The van der Waals surface area contributed by atoms with Crippen molar-refractivity contribution in [3.63, 3.8) is 0 Å². The highest BCUT2D eigenvalue weighted by Crippen LogP contribution is 2.18. The second-order valence-corrected chi connectivity index (χ2v) is 7.33. The van der Waals surface area contributed by atoms with Gasteiger partial charge in [0.1, 0.15) is 5.82 Å². The molecule has 0 unspecified atom stereocenters. The van der Waals surface area contributed by atoms with E-state index in [2.05, 4.69) is 27.0 Å². The number of amides is 1. The number of piperazine rings is 1. The Kier molecular flexibility index (Phi) is 4.29. The first kappa shape index (κ1) is 17.0. The van der Waals surface area contributed by atoms with E-state index in [0.29, 0.717) is 0 Å². The van der Waals surface area contributed by atoms with Gasteiger partial charge in [0, 0.05) is 31.7 Å². The maximum absolute atomic E-state index is 12.9. The fraction of sp³-hybridized carbons (Fsp3) is 0.217. The molecule has 1 fully saturated rings. The largest absolute Gasteiger partial charge is 0.341 e. The molecule has 140 valence electrons. The van der Waals surface area contributed by atoms with Gasteiger partial charge in [-0.2, -0.15) is 0 Å². The van der Waals surface area contributed by atoms with Gasteiger partial charge in [-0.15, -0.1) is 0 Å². The van der Waals surface area contributed by atoms with Crippen LogP contribution in [0.5, 0.6) is 0 Å². The van der Waals surface area contributed by atoms with E-state index in [4.69, 9.17) is 0 Å². The quantitative estimate of drug-likeness (QED) is 0.599. The number of aromatic nitrogens is 2. The van der Waals surface area contributed by atoms with E-state index in [1.807, 2.05) is 59.5 Å². The Morgan fingerprint density at radius 2 is 1.64 bits per heavy atom. The fourth-order valence-electron chi connectivity index (χ4n) is 3.91. The monoisotopic (exact) mass is 370 g/mol. The summed E-state index contributed by atoms with van der Waals surface area (Å²) in [6, 6.07) is 22.2. The molecule has 1 N–H and O–H groups in total. The molecule has 1 aliphatic rings. The summed E-state index contributed by atoms with van der Waals surface area (Å²) in [5.74, 6) is 1.10. The van der Waals surface area contributed by atoms with Gasteiger partial charge in [-0.25, -0.2) is 4.98 Å². The number of carbonyl (C=O) groups excluding carboxylic acids is 1. The van der Waals surface area contributed by atoms with Crippen molar-refractivity contribution < 1.29 is 4.79 Å². The average Bonchev–Trinajstić information content (AvgIpc) is 3.16. The lowest BCUT2D eigenvalue weighted by molar-refractivity contribution is 0.0626. The van der Waals surface area contributed by atoms with Gasteiger partial charge < -0.3 is 9.88 Å². The first-order valence-electron chi connectivity index (χ1n) is 9.70. The van der Waals surface area contributed by atoms with Crippen molar-refractivity contribution in [2.24, 2.45) is 0 Å². The summed E-state index contributed by atoms with van der Waals surface area (Å²) in [6.07, 6.45) is 0. The predicted molar refractivity (Wildman–Crippen MR) is 111 cm³/mol. The summed E-state index contributed by atoms with van der Waals surface area (Å²) in [7, 11) is 0. The molecule has 1 aliphatic heterocycles. The van der Waals surface area contributed by atoms with Gasteiger partial charge in [-0.05, 0) is 35.0 Å². The van der Waals surface area contributed by atoms with Crippen molar-refractivity contribution in [3.05, 3.63) is 78.1 Å². The van der Waals surface area contributed by atoms with Crippen LogP contribution in [0.15, 0.2) is 66.7 Å². The number of para-hydroxylation sites is 2. The topological polar surface area (TPSA) is 52.2 Å². The van der Waals surface area contributed by atoms with Crippen LogP contribution in [-0.2, 0) is 6.54 Å². The number of hydrogen-bond acceptors (Lipinski definition) is 3.